The lowest BCUT2D eigenvalue weighted by atomic mass is 9.99. The predicted octanol–water partition coefficient (Wildman–Crippen LogP) is 3.79. The topological polar surface area (TPSA) is 94.9 Å². The molecule has 5 rings (SSSR count). The van der Waals surface area contributed by atoms with Crippen LogP contribution in [0.15, 0.2) is 65.8 Å². The zero-order valence-corrected chi connectivity index (χ0v) is 18.7. The van der Waals surface area contributed by atoms with E-state index in [1.807, 2.05) is 38.2 Å². The van der Waals surface area contributed by atoms with E-state index in [-0.39, 0.29) is 5.82 Å². The molecular formula is C23H19F3N8O. The summed E-state index contributed by atoms with van der Waals surface area (Å²) >= 11 is 0. The Morgan fingerprint density at radius 1 is 1.06 bits per heavy atom. The maximum absolute atomic E-state index is 13.5. The highest BCUT2D eigenvalue weighted by Gasteiger charge is 2.34. The molecule has 0 saturated carbocycles. The van der Waals surface area contributed by atoms with Crippen LogP contribution < -0.4 is 11.0 Å². The smallest absolute Gasteiger partial charge is 0.370 e. The Bertz CT molecular complexity index is 1600. The van der Waals surface area contributed by atoms with Gasteiger partial charge in [-0.2, -0.15) is 17.9 Å². The molecule has 0 bridgehead atoms. The van der Waals surface area contributed by atoms with E-state index in [2.05, 4.69) is 25.6 Å². The molecule has 0 aliphatic rings. The highest BCUT2D eigenvalue weighted by molar-refractivity contribution is 5.82. The molecule has 4 heterocycles. The minimum atomic E-state index is -4.67. The van der Waals surface area contributed by atoms with Crippen molar-refractivity contribution in [2.24, 2.45) is 7.05 Å². The van der Waals surface area contributed by atoms with Crippen LogP contribution in [0.2, 0.25) is 0 Å². The van der Waals surface area contributed by atoms with Gasteiger partial charge in [0.2, 0.25) is 0 Å². The number of halogens is 3. The van der Waals surface area contributed by atoms with Crippen LogP contribution in [0.1, 0.15) is 12.5 Å². The van der Waals surface area contributed by atoms with E-state index >= 15 is 0 Å². The lowest BCUT2D eigenvalue weighted by Gasteiger charge is -2.12. The molecule has 0 amide bonds. The lowest BCUT2D eigenvalue weighted by Crippen LogP contribution is -2.21. The lowest BCUT2D eigenvalue weighted by molar-refractivity contribution is -0.136. The third-order valence-corrected chi connectivity index (χ3v) is 5.43. The van der Waals surface area contributed by atoms with Gasteiger partial charge >= 0.3 is 11.9 Å². The maximum atomic E-state index is 13.5. The van der Waals surface area contributed by atoms with Gasteiger partial charge in [-0.25, -0.2) is 14.2 Å². The average molecular weight is 480 g/mol. The Balaban J connectivity index is 1.74. The molecule has 4 aromatic heterocycles. The van der Waals surface area contributed by atoms with Crippen LogP contribution in [-0.4, -0.2) is 40.5 Å². The fourth-order valence-electron chi connectivity index (χ4n) is 3.88. The number of nitrogens with one attached hydrogen (secondary N) is 1. The molecule has 0 fully saturated rings. The van der Waals surface area contributed by atoms with E-state index in [0.29, 0.717) is 23.8 Å². The largest absolute Gasteiger partial charge is 0.420 e. The molecule has 12 heteroatoms. The van der Waals surface area contributed by atoms with Gasteiger partial charge in [-0.3, -0.25) is 0 Å². The van der Waals surface area contributed by atoms with Crippen molar-refractivity contribution < 1.29 is 13.2 Å². The molecule has 1 N–H and O–H groups in total. The van der Waals surface area contributed by atoms with Crippen molar-refractivity contribution in [3.05, 3.63) is 77.1 Å². The van der Waals surface area contributed by atoms with E-state index in [0.717, 1.165) is 32.3 Å². The van der Waals surface area contributed by atoms with Gasteiger partial charge in [0.25, 0.3) is 0 Å². The van der Waals surface area contributed by atoms with Gasteiger partial charge in [0, 0.05) is 25.4 Å². The average Bonchev–Trinajstić information content (AvgIpc) is 3.41. The minimum absolute atomic E-state index is 0.0769. The number of rotatable bonds is 5. The summed E-state index contributed by atoms with van der Waals surface area (Å²) in [7, 11) is 1.82. The van der Waals surface area contributed by atoms with E-state index in [1.54, 1.807) is 23.0 Å². The van der Waals surface area contributed by atoms with Crippen LogP contribution in [0, 0.1) is 0 Å². The summed E-state index contributed by atoms with van der Waals surface area (Å²) in [5.41, 5.74) is -0.0365. The van der Waals surface area contributed by atoms with Crippen LogP contribution in [0.25, 0.3) is 34.0 Å². The molecule has 0 spiro atoms. The first-order valence-corrected chi connectivity index (χ1v) is 10.7. The number of aryl methyl sites for hydroxylation is 1. The Morgan fingerprint density at radius 3 is 2.51 bits per heavy atom. The second-order valence-corrected chi connectivity index (χ2v) is 7.75. The number of pyridine rings is 2. The second kappa shape index (κ2) is 8.38. The molecule has 0 aliphatic carbocycles. The molecule has 5 aromatic rings. The third kappa shape index (κ3) is 3.92. The zero-order valence-electron chi connectivity index (χ0n) is 18.7. The fourth-order valence-corrected chi connectivity index (χ4v) is 3.88. The van der Waals surface area contributed by atoms with E-state index in [4.69, 9.17) is 0 Å². The molecule has 178 valence electrons. The van der Waals surface area contributed by atoms with Crippen molar-refractivity contribution in [3.63, 3.8) is 0 Å². The van der Waals surface area contributed by atoms with Gasteiger partial charge in [-0.05, 0) is 42.3 Å². The Hall–Kier alpha value is -4.48. The summed E-state index contributed by atoms with van der Waals surface area (Å²) in [4.78, 5) is 17.5. The molecule has 0 atom stereocenters. The molecule has 9 nitrogen and oxygen atoms in total. The van der Waals surface area contributed by atoms with Crippen LogP contribution >= 0.6 is 0 Å². The molecular weight excluding hydrogens is 461 g/mol. The monoisotopic (exact) mass is 480 g/mol. The summed E-state index contributed by atoms with van der Waals surface area (Å²) in [6, 6.07) is 12.9. The first-order valence-electron chi connectivity index (χ1n) is 10.7. The van der Waals surface area contributed by atoms with Crippen molar-refractivity contribution in [1.29, 1.82) is 0 Å². The Morgan fingerprint density at radius 2 is 1.83 bits per heavy atom. The number of hydrogen-bond acceptors (Lipinski definition) is 6. The van der Waals surface area contributed by atoms with Crippen molar-refractivity contribution in [1.82, 2.24) is 33.9 Å². The zero-order chi connectivity index (χ0) is 24.7. The number of hydrogen-bond donors (Lipinski definition) is 1. The maximum Gasteiger partial charge on any atom is 0.420 e. The van der Waals surface area contributed by atoms with Gasteiger partial charge in [-0.15, -0.1) is 15.3 Å². The SMILES string of the molecule is CCNc1cc(-c2ccccc2-c2nncn2C)cc(-n2nc3c(C(F)(F)F)cccn3c2=O)n1. The van der Waals surface area contributed by atoms with Crippen molar-refractivity contribution in [3.8, 4) is 28.3 Å². The summed E-state index contributed by atoms with van der Waals surface area (Å²) in [6.45, 7) is 2.42. The number of benzene rings is 1. The minimum Gasteiger partial charge on any atom is -0.370 e. The number of fused-ring (bicyclic) bond motifs is 1. The number of alkyl halides is 3. The summed E-state index contributed by atoms with van der Waals surface area (Å²) in [5, 5.41) is 15.2. The second-order valence-electron chi connectivity index (χ2n) is 7.75. The van der Waals surface area contributed by atoms with Gasteiger partial charge in [-0.1, -0.05) is 24.3 Å². The Kier molecular flexibility index (Phi) is 5.35. The first-order chi connectivity index (χ1) is 16.8. The molecule has 0 radical (unpaired) electrons. The van der Waals surface area contributed by atoms with Gasteiger partial charge in [0.05, 0.1) is 0 Å². The number of nitrogens with zero attached hydrogens (tertiary/aromatic N) is 7. The molecule has 1 aromatic carbocycles. The number of aromatic nitrogens is 7. The fraction of sp³-hybridized carbons (Fsp3) is 0.174. The van der Waals surface area contributed by atoms with Gasteiger partial charge in [0.1, 0.15) is 17.7 Å². The molecule has 0 unspecified atom stereocenters. The first kappa shape index (κ1) is 22.3. The highest BCUT2D eigenvalue weighted by atomic mass is 19.4. The quantitative estimate of drug-likeness (QED) is 0.411. The normalized spacial score (nSPS) is 11.8. The highest BCUT2D eigenvalue weighted by Crippen LogP contribution is 2.33. The van der Waals surface area contributed by atoms with E-state index in [1.165, 1.54) is 6.20 Å². The molecule has 0 saturated heterocycles. The van der Waals surface area contributed by atoms with Crippen LogP contribution in [-0.2, 0) is 13.2 Å². The van der Waals surface area contributed by atoms with Crippen molar-refractivity contribution in [2.75, 3.05) is 11.9 Å². The Labute approximate surface area is 196 Å². The van der Waals surface area contributed by atoms with E-state index in [9.17, 15) is 18.0 Å². The van der Waals surface area contributed by atoms with Gasteiger partial charge < -0.3 is 9.88 Å². The van der Waals surface area contributed by atoms with Crippen LogP contribution in [0.3, 0.4) is 0 Å². The number of anilines is 1. The van der Waals surface area contributed by atoms with E-state index < -0.39 is 23.1 Å². The molecule has 35 heavy (non-hydrogen) atoms. The standard InChI is InChI=1S/C23H19F3N8O/c1-3-27-18-11-14(15-7-4-5-8-16(15)20-30-28-13-32(20)2)12-19(29-18)34-22(35)33-10-6-9-17(21(33)31-34)23(24,25)26/h4-13H,3H2,1-2H3,(H,27,29). The van der Waals surface area contributed by atoms with Crippen LogP contribution in [0.4, 0.5) is 19.0 Å². The van der Waals surface area contributed by atoms with Crippen molar-refractivity contribution >= 4 is 11.5 Å². The van der Waals surface area contributed by atoms with Crippen molar-refractivity contribution in [2.45, 2.75) is 13.1 Å². The third-order valence-electron chi connectivity index (χ3n) is 5.43. The molecule has 0 aliphatic heterocycles. The summed E-state index contributed by atoms with van der Waals surface area (Å²) in [6.07, 6.45) is -1.84. The van der Waals surface area contributed by atoms with Crippen LogP contribution in [0.5, 0.6) is 0 Å². The van der Waals surface area contributed by atoms with Gasteiger partial charge in [0.15, 0.2) is 17.3 Å². The summed E-state index contributed by atoms with van der Waals surface area (Å²) in [5.74, 6) is 1.14. The predicted molar refractivity (Wildman–Crippen MR) is 123 cm³/mol. The summed E-state index contributed by atoms with van der Waals surface area (Å²) < 4.78 is 44.1.